The summed E-state index contributed by atoms with van der Waals surface area (Å²) in [6.45, 7) is 12.7. The van der Waals surface area contributed by atoms with Crippen molar-refractivity contribution >= 4 is 23.1 Å². The number of allylic oxidation sites excluding steroid dienone is 2. The normalized spacial score (nSPS) is 8.00. The van der Waals surface area contributed by atoms with E-state index in [1.54, 1.807) is 19.1 Å². The summed E-state index contributed by atoms with van der Waals surface area (Å²) < 4.78 is 0. The van der Waals surface area contributed by atoms with E-state index in [2.05, 4.69) is 42.9 Å². The van der Waals surface area contributed by atoms with E-state index in [1.165, 1.54) is 0 Å². The van der Waals surface area contributed by atoms with E-state index in [4.69, 9.17) is 0 Å². The molecule has 0 aromatic heterocycles. The maximum atomic E-state index is 11.3. The van der Waals surface area contributed by atoms with Gasteiger partial charge in [0, 0.05) is 18.3 Å². The van der Waals surface area contributed by atoms with Crippen LogP contribution in [0.4, 0.5) is 0 Å². The first kappa shape index (κ1) is 21.4. The Balaban J connectivity index is 0. The molecule has 0 radical (unpaired) electrons. The largest absolute Gasteiger partial charge is 0.383 e. The molecule has 0 saturated carbocycles. The van der Waals surface area contributed by atoms with Gasteiger partial charge in [0.15, 0.2) is 0 Å². The maximum Gasteiger partial charge on any atom is 0.255 e. The van der Waals surface area contributed by atoms with Crippen LogP contribution in [0.15, 0.2) is 55.3 Å². The zero-order valence-electron chi connectivity index (χ0n) is 13.4. The van der Waals surface area contributed by atoms with Gasteiger partial charge < -0.3 is 10.6 Å². The minimum Gasteiger partial charge on any atom is -0.383 e. The summed E-state index contributed by atoms with van der Waals surface area (Å²) in [6.07, 6.45) is 2.96. The molecule has 0 bridgehead atoms. The average molecular weight is 306 g/mol. The second-order valence-corrected chi connectivity index (χ2v) is 4.72. The minimum absolute atomic E-state index is 0.108. The van der Waals surface area contributed by atoms with Crippen LogP contribution in [0.25, 0.3) is 0 Å². The zero-order valence-corrected chi connectivity index (χ0v) is 14.2. The highest BCUT2D eigenvalue weighted by Crippen LogP contribution is 1.98. The van der Waals surface area contributed by atoms with Gasteiger partial charge in [-0.25, -0.2) is 0 Å². The number of rotatable bonds is 3. The highest BCUT2D eigenvalue weighted by Gasteiger charge is 2.01. The zero-order chi connectivity index (χ0) is 16.7. The van der Waals surface area contributed by atoms with Crippen LogP contribution in [0.3, 0.4) is 0 Å². The van der Waals surface area contributed by atoms with Crippen molar-refractivity contribution in [3.63, 3.8) is 0 Å². The number of nitrogens with one attached hydrogen (secondary N) is 2. The summed E-state index contributed by atoms with van der Waals surface area (Å²) in [6, 6.07) is 9.05. The van der Waals surface area contributed by atoms with E-state index in [9.17, 15) is 4.79 Å². The Hall–Kier alpha value is -1.94. The van der Waals surface area contributed by atoms with Gasteiger partial charge >= 0.3 is 0 Å². The fourth-order valence-corrected chi connectivity index (χ4v) is 0.856. The van der Waals surface area contributed by atoms with Gasteiger partial charge in [-0.05, 0) is 32.4 Å². The molecule has 1 rings (SSSR count). The fraction of sp³-hybridized carbons (Fsp3) is 0.294. The van der Waals surface area contributed by atoms with Gasteiger partial charge in [0.1, 0.15) is 0 Å². The number of hydrogen-bond acceptors (Lipinski definition) is 2. The molecule has 0 fully saturated rings. The van der Waals surface area contributed by atoms with Crippen LogP contribution in [0.2, 0.25) is 0 Å². The Bertz CT molecular complexity index is 441. The summed E-state index contributed by atoms with van der Waals surface area (Å²) in [5, 5.41) is 5.38. The summed E-state index contributed by atoms with van der Waals surface area (Å²) >= 11 is 4.59. The fourth-order valence-electron chi connectivity index (χ4n) is 0.856. The lowest BCUT2D eigenvalue weighted by Crippen LogP contribution is -2.20. The quantitative estimate of drug-likeness (QED) is 0.653. The molecule has 0 saturated heterocycles. The second-order valence-electron chi connectivity index (χ2n) is 4.10. The topological polar surface area (TPSA) is 41.1 Å². The number of amides is 1. The van der Waals surface area contributed by atoms with Crippen molar-refractivity contribution < 1.29 is 4.79 Å². The Kier molecular flexibility index (Phi) is 14.7. The van der Waals surface area contributed by atoms with Crippen LogP contribution in [0.1, 0.15) is 37.6 Å². The Morgan fingerprint density at radius 1 is 1.29 bits per heavy atom. The highest BCUT2D eigenvalue weighted by atomic mass is 32.1. The molecule has 4 heteroatoms. The van der Waals surface area contributed by atoms with Crippen LogP contribution >= 0.6 is 12.2 Å². The Labute approximate surface area is 134 Å². The predicted molar refractivity (Wildman–Crippen MR) is 96.5 cm³/mol. The molecule has 2 N–H and O–H groups in total. The van der Waals surface area contributed by atoms with Gasteiger partial charge in [-0.2, -0.15) is 0 Å². The molecule has 0 aliphatic heterocycles. The molecule has 0 heterocycles. The van der Waals surface area contributed by atoms with E-state index in [0.717, 1.165) is 11.4 Å². The molecule has 0 aliphatic rings. The summed E-state index contributed by atoms with van der Waals surface area (Å²) in [5.41, 5.74) is 1.31. The second kappa shape index (κ2) is 14.5. The minimum atomic E-state index is -0.108. The standard InChI is InChI=1S/C10H11NO.C4H8.C3H7NS/c1-8(2)11-10(12)9-6-4-3-5-7-9;1-3-4-2;1-3(5)4-2/h3-7H,1H2,2H3,(H,11,12);3H,1,4H2,2H3;1-2H3,(H,4,5). The van der Waals surface area contributed by atoms with Crippen LogP contribution in [-0.4, -0.2) is 17.9 Å². The first-order valence-electron chi connectivity index (χ1n) is 6.70. The molecule has 1 aromatic rings. The molecule has 116 valence electrons. The number of hydrogen-bond donors (Lipinski definition) is 2. The summed E-state index contributed by atoms with van der Waals surface area (Å²) in [4.78, 5) is 12.1. The van der Waals surface area contributed by atoms with Crippen LogP contribution in [0, 0.1) is 0 Å². The smallest absolute Gasteiger partial charge is 0.255 e. The molecular weight excluding hydrogens is 280 g/mol. The van der Waals surface area contributed by atoms with Crippen LogP contribution in [-0.2, 0) is 0 Å². The molecule has 0 aliphatic carbocycles. The van der Waals surface area contributed by atoms with E-state index in [1.807, 2.05) is 38.2 Å². The lowest BCUT2D eigenvalue weighted by molar-refractivity contribution is 0.0966. The molecule has 0 atom stereocenters. The van der Waals surface area contributed by atoms with Crippen molar-refractivity contribution in [2.24, 2.45) is 0 Å². The van der Waals surface area contributed by atoms with E-state index >= 15 is 0 Å². The van der Waals surface area contributed by atoms with Crippen molar-refractivity contribution in [3.05, 3.63) is 60.8 Å². The van der Waals surface area contributed by atoms with Gasteiger partial charge in [0.25, 0.3) is 5.91 Å². The first-order chi connectivity index (χ1) is 9.88. The number of thiocarbonyl (C=S) groups is 1. The average Bonchev–Trinajstić information content (AvgIpc) is 2.48. The Morgan fingerprint density at radius 2 is 1.71 bits per heavy atom. The van der Waals surface area contributed by atoms with E-state index < -0.39 is 0 Å². The maximum absolute atomic E-state index is 11.3. The van der Waals surface area contributed by atoms with Crippen molar-refractivity contribution in [1.29, 1.82) is 0 Å². The monoisotopic (exact) mass is 306 g/mol. The third-order valence-electron chi connectivity index (χ3n) is 2.00. The van der Waals surface area contributed by atoms with Crippen LogP contribution in [0.5, 0.6) is 0 Å². The number of carbonyl (C=O) groups excluding carboxylic acids is 1. The molecule has 0 unspecified atom stereocenters. The number of carbonyl (C=O) groups is 1. The van der Waals surface area contributed by atoms with Crippen molar-refractivity contribution in [3.8, 4) is 0 Å². The lowest BCUT2D eigenvalue weighted by atomic mass is 10.2. The SMILES string of the molecule is C=C(C)NC(=O)c1ccccc1.C=CCC.CNC(C)=S. The van der Waals surface area contributed by atoms with Crippen molar-refractivity contribution in [1.82, 2.24) is 10.6 Å². The van der Waals surface area contributed by atoms with Gasteiger partial charge in [0.05, 0.1) is 4.99 Å². The van der Waals surface area contributed by atoms with Gasteiger partial charge in [-0.1, -0.05) is 50.0 Å². The van der Waals surface area contributed by atoms with E-state index in [0.29, 0.717) is 11.3 Å². The summed E-state index contributed by atoms with van der Waals surface area (Å²) in [5.74, 6) is -0.108. The molecule has 21 heavy (non-hydrogen) atoms. The van der Waals surface area contributed by atoms with Crippen LogP contribution < -0.4 is 10.6 Å². The molecule has 1 amide bonds. The number of benzene rings is 1. The highest BCUT2D eigenvalue weighted by molar-refractivity contribution is 7.80. The third kappa shape index (κ3) is 16.0. The predicted octanol–water partition coefficient (Wildman–Crippen LogP) is 4.09. The molecule has 3 nitrogen and oxygen atoms in total. The van der Waals surface area contributed by atoms with E-state index in [-0.39, 0.29) is 5.91 Å². The third-order valence-corrected chi connectivity index (χ3v) is 2.21. The molecule has 1 aromatic carbocycles. The lowest BCUT2D eigenvalue weighted by Gasteiger charge is -2.02. The van der Waals surface area contributed by atoms with Crippen molar-refractivity contribution in [2.75, 3.05) is 7.05 Å². The first-order valence-corrected chi connectivity index (χ1v) is 7.10. The summed E-state index contributed by atoms with van der Waals surface area (Å²) in [7, 11) is 1.81. The molecular formula is C17H26N2OS. The molecule has 0 spiro atoms. The van der Waals surface area contributed by atoms with Gasteiger partial charge in [0.2, 0.25) is 0 Å². The Morgan fingerprint density at radius 3 is 2.00 bits per heavy atom. The van der Waals surface area contributed by atoms with Crippen molar-refractivity contribution in [2.45, 2.75) is 27.2 Å². The van der Waals surface area contributed by atoms with Gasteiger partial charge in [-0.15, -0.1) is 6.58 Å². The van der Waals surface area contributed by atoms with Gasteiger partial charge in [-0.3, -0.25) is 4.79 Å².